The summed E-state index contributed by atoms with van der Waals surface area (Å²) in [6, 6.07) is 3.07. The lowest BCUT2D eigenvalue weighted by molar-refractivity contribution is -0.136. The highest BCUT2D eigenvalue weighted by atomic mass is 79.9. The molecule has 15 heteroatoms. The van der Waals surface area contributed by atoms with E-state index >= 15 is 8.78 Å². The van der Waals surface area contributed by atoms with E-state index in [0.717, 1.165) is 0 Å². The van der Waals surface area contributed by atoms with Crippen LogP contribution in [-0.2, 0) is 37.2 Å². The molecule has 0 saturated heterocycles. The maximum absolute atomic E-state index is 15.6. The number of hydrogen-bond acceptors (Lipinski definition) is 7. The number of fused-ring (bicyclic) bond motifs is 1. The standard InChI is InChI=1S/C22H30BrF5NO5PS2/c1-6-33-35(30,34-7-2)22(27,28)19-17(23)15-11-14(13-29-37(31)20(3,4)5)12-16(18(15)36-19)32-10-8-9-21(24,25)26/h11-12,29H,6-10,13H2,1-5H3. The summed E-state index contributed by atoms with van der Waals surface area (Å²) in [5, 5.41) is 0.269. The summed E-state index contributed by atoms with van der Waals surface area (Å²) < 4.78 is 112. The molecule has 0 aliphatic rings. The van der Waals surface area contributed by atoms with Gasteiger partial charge in [-0.25, -0.2) is 0 Å². The van der Waals surface area contributed by atoms with Crippen LogP contribution in [-0.4, -0.2) is 35.3 Å². The normalized spacial score (nSPS) is 14.4. The quantitative estimate of drug-likeness (QED) is 0.101. The van der Waals surface area contributed by atoms with Crippen LogP contribution >= 0.6 is 34.9 Å². The van der Waals surface area contributed by atoms with Crippen LogP contribution in [0.2, 0.25) is 0 Å². The summed E-state index contributed by atoms with van der Waals surface area (Å²) in [6.07, 6.45) is -5.76. The molecule has 37 heavy (non-hydrogen) atoms. The minimum absolute atomic E-state index is 0.0725. The van der Waals surface area contributed by atoms with Crippen LogP contribution in [0.1, 0.15) is 57.9 Å². The fourth-order valence-electron chi connectivity index (χ4n) is 3.08. The molecule has 0 radical (unpaired) electrons. The zero-order valence-corrected chi connectivity index (χ0v) is 25.1. The van der Waals surface area contributed by atoms with E-state index in [1.807, 2.05) is 0 Å². The molecule has 1 aromatic heterocycles. The van der Waals surface area contributed by atoms with Crippen LogP contribution in [0.4, 0.5) is 22.0 Å². The first-order valence-electron chi connectivity index (χ1n) is 11.3. The van der Waals surface area contributed by atoms with Crippen molar-refractivity contribution in [1.82, 2.24) is 4.72 Å². The van der Waals surface area contributed by atoms with Crippen LogP contribution < -0.4 is 9.46 Å². The Hall–Kier alpha value is -0.470. The van der Waals surface area contributed by atoms with Crippen molar-refractivity contribution in [1.29, 1.82) is 0 Å². The Labute approximate surface area is 228 Å². The van der Waals surface area contributed by atoms with E-state index < -0.39 is 46.8 Å². The van der Waals surface area contributed by atoms with Gasteiger partial charge in [0.25, 0.3) is 0 Å². The first kappa shape index (κ1) is 32.7. The van der Waals surface area contributed by atoms with Gasteiger partial charge in [0, 0.05) is 27.6 Å². The topological polar surface area (TPSA) is 79.9 Å². The highest BCUT2D eigenvalue weighted by Crippen LogP contribution is 2.69. The molecule has 6 nitrogen and oxygen atoms in total. The van der Waals surface area contributed by atoms with Gasteiger partial charge in [-0.15, -0.1) is 16.1 Å². The highest BCUT2D eigenvalue weighted by molar-refractivity contribution is 9.10. The molecular weight excluding hydrogens is 628 g/mol. The average molecular weight is 658 g/mol. The third-order valence-electron chi connectivity index (χ3n) is 4.80. The minimum atomic E-state index is -4.91. The minimum Gasteiger partial charge on any atom is -0.598 e. The van der Waals surface area contributed by atoms with Crippen molar-refractivity contribution in [2.45, 2.75) is 70.6 Å². The van der Waals surface area contributed by atoms with E-state index in [1.54, 1.807) is 26.8 Å². The molecule has 0 saturated carbocycles. The number of ether oxygens (including phenoxy) is 1. The summed E-state index contributed by atoms with van der Waals surface area (Å²) >= 11 is 2.32. The van der Waals surface area contributed by atoms with Crippen molar-refractivity contribution in [2.75, 3.05) is 19.8 Å². The molecule has 1 heterocycles. The maximum atomic E-state index is 15.6. The predicted octanol–water partition coefficient (Wildman–Crippen LogP) is 8.25. The summed E-state index contributed by atoms with van der Waals surface area (Å²) in [5.41, 5.74) is -3.52. The molecule has 0 fully saturated rings. The van der Waals surface area contributed by atoms with Crippen LogP contribution in [0.25, 0.3) is 10.1 Å². The Bertz CT molecular complexity index is 1100. The fourth-order valence-corrected chi connectivity index (χ4v) is 7.83. The smallest absolute Gasteiger partial charge is 0.405 e. The third kappa shape index (κ3) is 8.26. The van der Waals surface area contributed by atoms with Crippen molar-refractivity contribution in [3.63, 3.8) is 0 Å². The molecule has 0 aliphatic carbocycles. The van der Waals surface area contributed by atoms with Crippen molar-refractivity contribution in [3.05, 3.63) is 27.0 Å². The van der Waals surface area contributed by atoms with Crippen LogP contribution in [0.3, 0.4) is 0 Å². The second-order valence-electron chi connectivity index (χ2n) is 8.86. The number of rotatable bonds is 13. The number of alkyl halides is 5. The van der Waals surface area contributed by atoms with Crippen LogP contribution in [0.15, 0.2) is 16.6 Å². The van der Waals surface area contributed by atoms with Gasteiger partial charge in [0.15, 0.2) is 0 Å². The molecule has 0 aliphatic heterocycles. The summed E-state index contributed by atoms with van der Waals surface area (Å²) in [5.74, 6) is 0.0772. The molecule has 1 aromatic carbocycles. The van der Waals surface area contributed by atoms with Crippen molar-refractivity contribution in [2.24, 2.45) is 0 Å². The van der Waals surface area contributed by atoms with Crippen molar-refractivity contribution < 1.29 is 44.9 Å². The Morgan fingerprint density at radius 1 is 1.11 bits per heavy atom. The number of benzene rings is 1. The maximum Gasteiger partial charge on any atom is 0.405 e. The highest BCUT2D eigenvalue weighted by Gasteiger charge is 2.57. The molecule has 1 N–H and O–H groups in total. The molecule has 0 amide bonds. The van der Waals surface area contributed by atoms with Gasteiger partial charge in [-0.05, 0) is 74.7 Å². The molecule has 1 atom stereocenters. The van der Waals surface area contributed by atoms with Gasteiger partial charge in [-0.3, -0.25) is 4.57 Å². The SMILES string of the molecule is CCOP(=O)(OCC)C(F)(F)c1sc2c(OCCCC(F)(F)F)cc(CN[S+]([O-])C(C)(C)C)cc2c1Br. The first-order valence-corrected chi connectivity index (χ1v) is 15.6. The van der Waals surface area contributed by atoms with Gasteiger partial charge in [-0.1, -0.05) is 0 Å². The van der Waals surface area contributed by atoms with Crippen LogP contribution in [0, 0.1) is 0 Å². The average Bonchev–Trinajstić information content (AvgIpc) is 3.11. The number of halogens is 6. The summed E-state index contributed by atoms with van der Waals surface area (Å²) in [4.78, 5) is -0.628. The van der Waals surface area contributed by atoms with Crippen molar-refractivity contribution >= 4 is 56.3 Å². The Kier molecular flexibility index (Phi) is 11.3. The molecule has 1 unspecified atom stereocenters. The molecular formula is C22H30BrF5NO5PS2. The number of nitrogens with one attached hydrogen (secondary N) is 1. The van der Waals surface area contributed by atoms with E-state index in [4.69, 9.17) is 13.8 Å². The zero-order valence-electron chi connectivity index (χ0n) is 21.0. The lowest BCUT2D eigenvalue weighted by Crippen LogP contribution is -2.38. The van der Waals surface area contributed by atoms with E-state index in [0.29, 0.717) is 16.9 Å². The lowest BCUT2D eigenvalue weighted by atomic mass is 10.1. The summed E-state index contributed by atoms with van der Waals surface area (Å²) in [7, 11) is -4.91. The largest absolute Gasteiger partial charge is 0.598 e. The fraction of sp³-hybridized carbons (Fsp3) is 0.636. The van der Waals surface area contributed by atoms with Gasteiger partial charge in [0.2, 0.25) is 0 Å². The second kappa shape index (κ2) is 12.8. The van der Waals surface area contributed by atoms with E-state index in [-0.39, 0.29) is 53.1 Å². The van der Waals surface area contributed by atoms with Gasteiger partial charge in [0.1, 0.15) is 15.4 Å². The number of thiophene rings is 1. The third-order valence-corrected chi connectivity index (χ3v) is 10.9. The van der Waals surface area contributed by atoms with E-state index in [9.17, 15) is 22.3 Å². The monoisotopic (exact) mass is 657 g/mol. The molecule has 212 valence electrons. The molecule has 2 aromatic rings. The van der Waals surface area contributed by atoms with E-state index in [1.165, 1.54) is 19.9 Å². The number of hydrogen-bond donors (Lipinski definition) is 1. The van der Waals surface area contributed by atoms with Crippen molar-refractivity contribution in [3.8, 4) is 5.75 Å². The van der Waals surface area contributed by atoms with Gasteiger partial charge in [0.05, 0.1) is 31.1 Å². The van der Waals surface area contributed by atoms with Gasteiger partial charge >= 0.3 is 19.4 Å². The van der Waals surface area contributed by atoms with Gasteiger partial charge < -0.3 is 18.3 Å². The van der Waals surface area contributed by atoms with Gasteiger partial charge in [-0.2, -0.15) is 22.0 Å². The lowest BCUT2D eigenvalue weighted by Gasteiger charge is -2.25. The Morgan fingerprint density at radius 2 is 1.70 bits per heavy atom. The first-order chi connectivity index (χ1) is 17.0. The molecule has 0 bridgehead atoms. The van der Waals surface area contributed by atoms with Crippen LogP contribution in [0.5, 0.6) is 5.75 Å². The zero-order chi connectivity index (χ0) is 28.2. The Balaban J connectivity index is 2.55. The predicted molar refractivity (Wildman–Crippen MR) is 140 cm³/mol. The Morgan fingerprint density at radius 3 is 2.22 bits per heavy atom. The molecule has 2 rings (SSSR count). The summed E-state index contributed by atoms with van der Waals surface area (Å²) in [6.45, 7) is 7.35. The second-order valence-corrected chi connectivity index (χ2v) is 14.8. The molecule has 0 spiro atoms. The van der Waals surface area contributed by atoms with E-state index in [2.05, 4.69) is 20.7 Å².